The number of thiazole rings is 1. The summed E-state index contributed by atoms with van der Waals surface area (Å²) >= 11 is 1.13. The summed E-state index contributed by atoms with van der Waals surface area (Å²) in [6, 6.07) is 13.2. The van der Waals surface area contributed by atoms with Gasteiger partial charge in [0, 0.05) is 19.0 Å². The lowest BCUT2D eigenvalue weighted by atomic mass is 9.96. The predicted molar refractivity (Wildman–Crippen MR) is 146 cm³/mol. The van der Waals surface area contributed by atoms with Crippen molar-refractivity contribution in [1.29, 1.82) is 0 Å². The number of ether oxygens (including phenoxy) is 2. The number of rotatable bonds is 6. The highest BCUT2D eigenvalue weighted by molar-refractivity contribution is 7.07. The van der Waals surface area contributed by atoms with Crippen molar-refractivity contribution in [3.8, 4) is 5.75 Å². The van der Waals surface area contributed by atoms with Crippen molar-refractivity contribution in [2.75, 3.05) is 18.1 Å². The maximum absolute atomic E-state index is 14.1. The summed E-state index contributed by atoms with van der Waals surface area (Å²) in [6.07, 6.45) is 0.764. The Morgan fingerprint density at radius 2 is 1.77 bits per heavy atom. The number of aromatic nitrogens is 1. The normalized spacial score (nSPS) is 17.5. The molecule has 5 rings (SSSR count). The Morgan fingerprint density at radius 1 is 1.05 bits per heavy atom. The number of hydrogen-bond donors (Lipinski definition) is 0. The molecule has 0 saturated heterocycles. The molecule has 1 aromatic heterocycles. The molecule has 2 aromatic carbocycles. The molecule has 0 fully saturated rings. The van der Waals surface area contributed by atoms with E-state index in [1.807, 2.05) is 31.2 Å². The number of amides is 1. The summed E-state index contributed by atoms with van der Waals surface area (Å²) in [5, 5.41) is 0. The minimum Gasteiger partial charge on any atom is -0.463 e. The molecular weight excluding hydrogens is 518 g/mol. The van der Waals surface area contributed by atoms with Gasteiger partial charge in [-0.25, -0.2) is 9.79 Å². The fourth-order valence-corrected chi connectivity index (χ4v) is 6.12. The third-order valence-electron chi connectivity index (χ3n) is 6.55. The first-order chi connectivity index (χ1) is 18.8. The first-order valence-electron chi connectivity index (χ1n) is 12.7. The van der Waals surface area contributed by atoms with Crippen LogP contribution in [0.25, 0.3) is 5.57 Å². The van der Waals surface area contributed by atoms with E-state index in [4.69, 9.17) is 9.47 Å². The smallest absolute Gasteiger partial charge is 0.338 e. The molecule has 39 heavy (non-hydrogen) atoms. The Morgan fingerprint density at radius 3 is 2.44 bits per heavy atom. The summed E-state index contributed by atoms with van der Waals surface area (Å²) in [5.74, 6) is -0.934. The Hall–Kier alpha value is -4.31. The van der Waals surface area contributed by atoms with Crippen LogP contribution in [-0.4, -0.2) is 35.6 Å². The minimum absolute atomic E-state index is 0.154. The fourth-order valence-electron chi connectivity index (χ4n) is 4.99. The quantitative estimate of drug-likeness (QED) is 0.348. The summed E-state index contributed by atoms with van der Waals surface area (Å²) in [6.45, 7) is 7.39. The lowest BCUT2D eigenvalue weighted by Gasteiger charge is -2.24. The molecule has 0 aliphatic carbocycles. The second-order valence-electron chi connectivity index (χ2n) is 9.13. The van der Waals surface area contributed by atoms with Crippen LogP contribution in [0.1, 0.15) is 51.3 Å². The number of hydrogen-bond acceptors (Lipinski definition) is 8. The van der Waals surface area contributed by atoms with Crippen molar-refractivity contribution in [1.82, 2.24) is 4.57 Å². The zero-order valence-electron chi connectivity index (χ0n) is 22.0. The van der Waals surface area contributed by atoms with E-state index in [1.54, 1.807) is 43.0 Å². The number of benzene rings is 2. The second-order valence-corrected chi connectivity index (χ2v) is 10.1. The Kier molecular flexibility index (Phi) is 7.05. The molecule has 2 aliphatic rings. The summed E-state index contributed by atoms with van der Waals surface area (Å²) in [7, 11) is 0. The van der Waals surface area contributed by atoms with Crippen molar-refractivity contribution >= 4 is 40.4 Å². The first kappa shape index (κ1) is 26.3. The van der Waals surface area contributed by atoms with E-state index in [2.05, 4.69) is 4.99 Å². The summed E-state index contributed by atoms with van der Waals surface area (Å²) in [5.41, 5.74) is 2.64. The van der Waals surface area contributed by atoms with Gasteiger partial charge in [-0.15, -0.1) is 0 Å². The van der Waals surface area contributed by atoms with Gasteiger partial charge >= 0.3 is 11.9 Å². The average molecular weight is 546 g/mol. The van der Waals surface area contributed by atoms with Gasteiger partial charge in [0.2, 0.25) is 0 Å². The SMILES string of the molecule is CCCN1C(=O)/C(=c2\sc3n(c2=O)C(c2ccc(OC(C)=O)cc2)C(C(=O)OCC)=C(C)N=3)c2ccccc21. The van der Waals surface area contributed by atoms with Crippen molar-refractivity contribution in [3.63, 3.8) is 0 Å². The molecule has 0 radical (unpaired) electrons. The third kappa shape index (κ3) is 4.50. The second kappa shape index (κ2) is 10.5. The van der Waals surface area contributed by atoms with Gasteiger partial charge in [-0.2, -0.15) is 0 Å². The number of nitrogens with zero attached hydrogens (tertiary/aromatic N) is 3. The maximum atomic E-state index is 14.1. The molecule has 3 heterocycles. The van der Waals surface area contributed by atoms with Gasteiger partial charge in [0.15, 0.2) is 4.80 Å². The van der Waals surface area contributed by atoms with Gasteiger partial charge in [0.1, 0.15) is 10.3 Å². The lowest BCUT2D eigenvalue weighted by Crippen LogP contribution is -2.41. The molecule has 1 amide bonds. The Bertz CT molecular complexity index is 1710. The summed E-state index contributed by atoms with van der Waals surface area (Å²) in [4.78, 5) is 58.9. The van der Waals surface area contributed by atoms with E-state index < -0.39 is 23.5 Å². The minimum atomic E-state index is -0.848. The summed E-state index contributed by atoms with van der Waals surface area (Å²) < 4.78 is 12.2. The highest BCUT2D eigenvalue weighted by Gasteiger charge is 2.37. The van der Waals surface area contributed by atoms with E-state index in [0.717, 1.165) is 23.4 Å². The largest absolute Gasteiger partial charge is 0.463 e. The molecule has 200 valence electrons. The van der Waals surface area contributed by atoms with E-state index in [-0.39, 0.29) is 22.6 Å². The molecule has 10 heteroatoms. The number of para-hydroxylation sites is 1. The van der Waals surface area contributed by atoms with Gasteiger partial charge in [0.05, 0.1) is 35.2 Å². The van der Waals surface area contributed by atoms with Crippen LogP contribution in [0.15, 0.2) is 69.6 Å². The highest BCUT2D eigenvalue weighted by atomic mass is 32.1. The van der Waals surface area contributed by atoms with Gasteiger partial charge in [-0.3, -0.25) is 19.0 Å². The number of carbonyl (C=O) groups excluding carboxylic acids is 3. The highest BCUT2D eigenvalue weighted by Crippen LogP contribution is 2.36. The lowest BCUT2D eigenvalue weighted by molar-refractivity contribution is -0.139. The van der Waals surface area contributed by atoms with Crippen molar-refractivity contribution in [3.05, 3.63) is 90.6 Å². The zero-order valence-corrected chi connectivity index (χ0v) is 22.8. The fraction of sp³-hybridized carbons (Fsp3) is 0.276. The zero-order chi connectivity index (χ0) is 27.8. The van der Waals surface area contributed by atoms with Crippen molar-refractivity contribution in [2.45, 2.75) is 40.2 Å². The number of carbonyl (C=O) groups is 3. The molecular formula is C29H27N3O6S. The number of fused-ring (bicyclic) bond motifs is 2. The van der Waals surface area contributed by atoms with Crippen LogP contribution in [0.4, 0.5) is 5.69 Å². The van der Waals surface area contributed by atoms with Crippen LogP contribution in [0.2, 0.25) is 0 Å². The number of esters is 2. The van der Waals surface area contributed by atoms with E-state index in [0.29, 0.717) is 39.5 Å². The van der Waals surface area contributed by atoms with Crippen molar-refractivity contribution in [2.24, 2.45) is 4.99 Å². The van der Waals surface area contributed by atoms with Gasteiger partial charge in [-0.05, 0) is 44.0 Å². The Labute approximate surface area is 228 Å². The molecule has 9 nitrogen and oxygen atoms in total. The first-order valence-corrected chi connectivity index (χ1v) is 13.5. The number of allylic oxidation sites excluding steroid dienone is 1. The van der Waals surface area contributed by atoms with Crippen LogP contribution in [0.3, 0.4) is 0 Å². The van der Waals surface area contributed by atoms with Gasteiger partial charge in [0.25, 0.3) is 11.5 Å². The van der Waals surface area contributed by atoms with Crippen LogP contribution in [0, 0.1) is 0 Å². The molecule has 1 atom stereocenters. The van der Waals surface area contributed by atoms with E-state index in [1.165, 1.54) is 11.5 Å². The van der Waals surface area contributed by atoms with Crippen LogP contribution in [0.5, 0.6) is 5.75 Å². The molecule has 0 bridgehead atoms. The van der Waals surface area contributed by atoms with Crippen molar-refractivity contribution < 1.29 is 23.9 Å². The molecule has 0 N–H and O–H groups in total. The predicted octanol–water partition coefficient (Wildman–Crippen LogP) is 2.85. The Balaban J connectivity index is 1.76. The molecule has 0 saturated carbocycles. The third-order valence-corrected chi connectivity index (χ3v) is 7.60. The van der Waals surface area contributed by atoms with Gasteiger partial charge in [-0.1, -0.05) is 48.6 Å². The van der Waals surface area contributed by atoms with Crippen LogP contribution in [-0.2, 0) is 19.1 Å². The number of anilines is 1. The van der Waals surface area contributed by atoms with Gasteiger partial charge < -0.3 is 14.4 Å². The molecule has 2 aliphatic heterocycles. The van der Waals surface area contributed by atoms with Crippen LogP contribution >= 0.6 is 11.3 Å². The van der Waals surface area contributed by atoms with E-state index in [9.17, 15) is 19.2 Å². The monoisotopic (exact) mass is 545 g/mol. The molecule has 3 aromatic rings. The van der Waals surface area contributed by atoms with Crippen LogP contribution < -0.4 is 24.5 Å². The standard InChI is InChI=1S/C29H27N3O6S/c1-5-15-31-21-10-8-7-9-20(21)23(26(31)34)25-27(35)32-24(18-11-13-19(14-12-18)38-17(4)33)22(28(36)37-6-2)16(3)30-29(32)39-25/h7-14,24H,5-6,15H2,1-4H3/b25-23-. The van der Waals surface area contributed by atoms with E-state index >= 15 is 0 Å². The molecule has 1 unspecified atom stereocenters. The topological polar surface area (TPSA) is 107 Å². The average Bonchev–Trinajstić information content (AvgIpc) is 3.36. The molecule has 0 spiro atoms. The maximum Gasteiger partial charge on any atom is 0.338 e.